The van der Waals surface area contributed by atoms with Gasteiger partial charge in [0.15, 0.2) is 0 Å². The minimum absolute atomic E-state index is 0.00553. The lowest BCUT2D eigenvalue weighted by Crippen LogP contribution is -2.64. The monoisotopic (exact) mass is 243 g/mol. The van der Waals surface area contributed by atoms with Gasteiger partial charge in [-0.25, -0.2) is 10.4 Å². The zero-order valence-electron chi connectivity index (χ0n) is 10.9. The van der Waals surface area contributed by atoms with Crippen molar-refractivity contribution in [3.05, 3.63) is 0 Å². The maximum atomic E-state index is 6.00. The van der Waals surface area contributed by atoms with Crippen molar-refractivity contribution in [1.82, 2.24) is 10.4 Å². The summed E-state index contributed by atoms with van der Waals surface area (Å²) < 4.78 is 11.2. The molecule has 17 heavy (non-hydrogen) atoms. The Bertz CT molecular complexity index is 234. The van der Waals surface area contributed by atoms with Crippen LogP contribution in [0.3, 0.4) is 0 Å². The van der Waals surface area contributed by atoms with E-state index < -0.39 is 0 Å². The topological polar surface area (TPSA) is 59.8 Å². The summed E-state index contributed by atoms with van der Waals surface area (Å²) in [5.41, 5.74) is 9.63. The minimum Gasteiger partial charge on any atom is -0.379 e. The van der Waals surface area contributed by atoms with Crippen molar-refractivity contribution in [2.45, 2.75) is 44.4 Å². The summed E-state index contributed by atoms with van der Waals surface area (Å²) in [6, 6.07) is 0. The lowest BCUT2D eigenvalue weighted by Gasteiger charge is -2.46. The molecule has 0 spiro atoms. The number of morpholine rings is 1. The van der Waals surface area contributed by atoms with E-state index in [2.05, 4.69) is 24.3 Å². The van der Waals surface area contributed by atoms with Crippen molar-refractivity contribution >= 4 is 0 Å². The third kappa shape index (κ3) is 3.39. The SMILES string of the molecule is CC1CC(CN)(NN2CCOCC2)CC(C)O1. The normalized spacial score (nSPS) is 40.4. The van der Waals surface area contributed by atoms with Crippen molar-refractivity contribution in [2.75, 3.05) is 32.8 Å². The Kier molecular flexibility index (Phi) is 4.38. The molecule has 5 heteroatoms. The molecule has 2 saturated heterocycles. The molecule has 2 atom stereocenters. The number of nitrogens with two attached hydrogens (primary N) is 1. The van der Waals surface area contributed by atoms with Gasteiger partial charge in [-0.05, 0) is 26.7 Å². The Morgan fingerprint density at radius 1 is 1.24 bits per heavy atom. The second kappa shape index (κ2) is 5.63. The Balaban J connectivity index is 1.97. The Hall–Kier alpha value is -0.200. The van der Waals surface area contributed by atoms with Gasteiger partial charge >= 0.3 is 0 Å². The molecule has 3 N–H and O–H groups in total. The highest BCUT2D eigenvalue weighted by Crippen LogP contribution is 2.28. The third-order valence-corrected chi connectivity index (χ3v) is 3.62. The maximum absolute atomic E-state index is 6.00. The van der Waals surface area contributed by atoms with E-state index in [1.165, 1.54) is 0 Å². The van der Waals surface area contributed by atoms with Crippen LogP contribution < -0.4 is 11.2 Å². The molecule has 100 valence electrons. The van der Waals surface area contributed by atoms with Crippen molar-refractivity contribution in [3.63, 3.8) is 0 Å². The molecule has 5 nitrogen and oxygen atoms in total. The van der Waals surface area contributed by atoms with Gasteiger partial charge < -0.3 is 15.2 Å². The molecular weight excluding hydrogens is 218 g/mol. The molecule has 0 amide bonds. The standard InChI is InChI=1S/C12H25N3O2/c1-10-7-12(9-13,8-11(2)17-10)14-15-3-5-16-6-4-15/h10-11,14H,3-9,13H2,1-2H3. The molecule has 0 bridgehead atoms. The van der Waals surface area contributed by atoms with E-state index in [-0.39, 0.29) is 17.7 Å². The molecule has 2 heterocycles. The maximum Gasteiger partial charge on any atom is 0.0608 e. The van der Waals surface area contributed by atoms with E-state index >= 15 is 0 Å². The number of nitrogens with zero attached hydrogens (tertiary/aromatic N) is 1. The van der Waals surface area contributed by atoms with Crippen LogP contribution in [0.25, 0.3) is 0 Å². The highest BCUT2D eigenvalue weighted by atomic mass is 16.5. The first-order valence-electron chi connectivity index (χ1n) is 6.59. The van der Waals surface area contributed by atoms with Gasteiger partial charge in [0.05, 0.1) is 25.4 Å². The number of rotatable bonds is 3. The third-order valence-electron chi connectivity index (χ3n) is 3.62. The molecule has 2 fully saturated rings. The van der Waals surface area contributed by atoms with Crippen LogP contribution in [-0.2, 0) is 9.47 Å². The van der Waals surface area contributed by atoms with Gasteiger partial charge in [0.2, 0.25) is 0 Å². The molecule has 0 aromatic heterocycles. The lowest BCUT2D eigenvalue weighted by atomic mass is 9.85. The van der Waals surface area contributed by atoms with Crippen LogP contribution in [0.1, 0.15) is 26.7 Å². The fourth-order valence-corrected chi connectivity index (χ4v) is 2.99. The average Bonchev–Trinajstić information content (AvgIpc) is 2.29. The largest absolute Gasteiger partial charge is 0.379 e. The first kappa shape index (κ1) is 13.2. The van der Waals surface area contributed by atoms with Crippen LogP contribution in [0, 0.1) is 0 Å². The zero-order valence-corrected chi connectivity index (χ0v) is 10.9. The lowest BCUT2D eigenvalue weighted by molar-refractivity contribution is -0.0953. The zero-order chi connectivity index (χ0) is 12.3. The molecular formula is C12H25N3O2. The average molecular weight is 243 g/mol. The molecule has 2 unspecified atom stereocenters. The van der Waals surface area contributed by atoms with E-state index in [0.717, 1.165) is 39.1 Å². The molecule has 2 rings (SSSR count). The summed E-state index contributed by atoms with van der Waals surface area (Å²) in [6.45, 7) is 8.38. The van der Waals surface area contributed by atoms with Crippen molar-refractivity contribution in [3.8, 4) is 0 Å². The smallest absolute Gasteiger partial charge is 0.0608 e. The highest BCUT2D eigenvalue weighted by Gasteiger charge is 2.38. The predicted octanol–water partition coefficient (Wildman–Crippen LogP) is 0.108. The van der Waals surface area contributed by atoms with E-state index in [1.807, 2.05) is 0 Å². The fraction of sp³-hybridized carbons (Fsp3) is 1.00. The van der Waals surface area contributed by atoms with Gasteiger partial charge in [0.1, 0.15) is 0 Å². The van der Waals surface area contributed by atoms with Crippen LogP contribution in [0.15, 0.2) is 0 Å². The van der Waals surface area contributed by atoms with Crippen LogP contribution in [-0.4, -0.2) is 55.6 Å². The van der Waals surface area contributed by atoms with E-state index in [4.69, 9.17) is 15.2 Å². The number of hydrogen-bond acceptors (Lipinski definition) is 5. The number of ether oxygens (including phenoxy) is 2. The van der Waals surface area contributed by atoms with Gasteiger partial charge in [-0.3, -0.25) is 0 Å². The molecule has 0 aromatic rings. The molecule has 0 radical (unpaired) electrons. The summed E-state index contributed by atoms with van der Waals surface area (Å²) in [5.74, 6) is 0. The Morgan fingerprint density at radius 3 is 2.35 bits per heavy atom. The summed E-state index contributed by atoms with van der Waals surface area (Å²) in [4.78, 5) is 0. The van der Waals surface area contributed by atoms with Crippen LogP contribution in [0.2, 0.25) is 0 Å². The number of nitrogens with one attached hydrogen (secondary N) is 1. The molecule has 2 aliphatic heterocycles. The van der Waals surface area contributed by atoms with Crippen LogP contribution in [0.5, 0.6) is 0 Å². The van der Waals surface area contributed by atoms with Gasteiger partial charge in [-0.1, -0.05) is 0 Å². The quantitative estimate of drug-likeness (QED) is 0.736. The van der Waals surface area contributed by atoms with Crippen molar-refractivity contribution in [1.29, 1.82) is 0 Å². The van der Waals surface area contributed by atoms with E-state index in [9.17, 15) is 0 Å². The fourth-order valence-electron chi connectivity index (χ4n) is 2.99. The summed E-state index contributed by atoms with van der Waals surface area (Å²) in [5, 5.41) is 2.25. The predicted molar refractivity (Wildman–Crippen MR) is 66.6 cm³/mol. The van der Waals surface area contributed by atoms with E-state index in [1.54, 1.807) is 0 Å². The van der Waals surface area contributed by atoms with Crippen LogP contribution in [0.4, 0.5) is 0 Å². The van der Waals surface area contributed by atoms with Crippen molar-refractivity contribution in [2.24, 2.45) is 5.73 Å². The summed E-state index contributed by atoms with van der Waals surface area (Å²) in [6.07, 6.45) is 2.50. The molecule has 0 aliphatic carbocycles. The summed E-state index contributed by atoms with van der Waals surface area (Å²) >= 11 is 0. The molecule has 0 saturated carbocycles. The minimum atomic E-state index is -0.00553. The molecule has 0 aromatic carbocycles. The first-order chi connectivity index (χ1) is 8.13. The van der Waals surface area contributed by atoms with E-state index in [0.29, 0.717) is 6.54 Å². The second-order valence-electron chi connectivity index (χ2n) is 5.36. The first-order valence-corrected chi connectivity index (χ1v) is 6.59. The summed E-state index contributed by atoms with van der Waals surface area (Å²) in [7, 11) is 0. The Morgan fingerprint density at radius 2 is 1.82 bits per heavy atom. The number of hydrazine groups is 1. The van der Waals surface area contributed by atoms with Gasteiger partial charge in [0, 0.05) is 25.2 Å². The second-order valence-corrected chi connectivity index (χ2v) is 5.36. The number of hydrogen-bond donors (Lipinski definition) is 2. The van der Waals surface area contributed by atoms with Gasteiger partial charge in [-0.2, -0.15) is 0 Å². The highest BCUT2D eigenvalue weighted by molar-refractivity contribution is 4.95. The van der Waals surface area contributed by atoms with Crippen molar-refractivity contribution < 1.29 is 9.47 Å². The van der Waals surface area contributed by atoms with Gasteiger partial charge in [-0.15, -0.1) is 0 Å². The van der Waals surface area contributed by atoms with Gasteiger partial charge in [0.25, 0.3) is 0 Å². The molecule has 2 aliphatic rings. The Labute approximate surface area is 104 Å². The van der Waals surface area contributed by atoms with Crippen LogP contribution >= 0.6 is 0 Å².